The molecular weight excluding hydrogens is 212 g/mol. The van der Waals surface area contributed by atoms with Gasteiger partial charge < -0.3 is 0 Å². The molecule has 1 saturated carbocycles. The molecule has 3 aliphatic rings. The number of benzene rings is 1. The van der Waals surface area contributed by atoms with Gasteiger partial charge in [-0.05, 0) is 48.0 Å². The molecule has 1 heteroatoms. The van der Waals surface area contributed by atoms with Gasteiger partial charge in [-0.25, -0.2) is 0 Å². The lowest BCUT2D eigenvalue weighted by Gasteiger charge is -2.16. The van der Waals surface area contributed by atoms with Crippen molar-refractivity contribution in [3.05, 3.63) is 47.6 Å². The van der Waals surface area contributed by atoms with Gasteiger partial charge >= 0.3 is 0 Å². The molecule has 80 valence electrons. The summed E-state index contributed by atoms with van der Waals surface area (Å²) >= 11 is 2.04. The van der Waals surface area contributed by atoms with Crippen LogP contribution in [0.1, 0.15) is 24.8 Å². The molecule has 0 radical (unpaired) electrons. The Morgan fingerprint density at radius 2 is 2.00 bits per heavy atom. The van der Waals surface area contributed by atoms with Gasteiger partial charge in [-0.3, -0.25) is 0 Å². The third kappa shape index (κ3) is 1.31. The molecule has 0 saturated heterocycles. The van der Waals surface area contributed by atoms with Crippen LogP contribution < -0.4 is 0 Å². The summed E-state index contributed by atoms with van der Waals surface area (Å²) in [6.45, 7) is 0. The lowest BCUT2D eigenvalue weighted by molar-refractivity contribution is 0.976. The molecule has 1 atom stereocenters. The van der Waals surface area contributed by atoms with Gasteiger partial charge in [0.2, 0.25) is 0 Å². The molecule has 0 amide bonds. The van der Waals surface area contributed by atoms with Gasteiger partial charge in [0.25, 0.3) is 0 Å². The van der Waals surface area contributed by atoms with Crippen LogP contribution in [0.4, 0.5) is 0 Å². The van der Waals surface area contributed by atoms with Crippen molar-refractivity contribution in [2.75, 3.05) is 0 Å². The zero-order valence-corrected chi connectivity index (χ0v) is 9.96. The van der Waals surface area contributed by atoms with Crippen LogP contribution in [-0.4, -0.2) is 5.25 Å². The highest BCUT2D eigenvalue weighted by atomic mass is 32.2. The Morgan fingerprint density at radius 3 is 2.88 bits per heavy atom. The highest BCUT2D eigenvalue weighted by Crippen LogP contribution is 2.50. The largest absolute Gasteiger partial charge is 0.117 e. The van der Waals surface area contributed by atoms with E-state index in [-0.39, 0.29) is 0 Å². The summed E-state index contributed by atoms with van der Waals surface area (Å²) in [6.07, 6.45) is 9.01. The molecule has 1 aromatic carbocycles. The van der Waals surface area contributed by atoms with E-state index in [0.717, 1.165) is 5.92 Å². The van der Waals surface area contributed by atoms with E-state index < -0.39 is 0 Å². The second-order valence-electron chi connectivity index (χ2n) is 4.92. The van der Waals surface area contributed by atoms with Gasteiger partial charge in [-0.2, -0.15) is 0 Å². The number of rotatable bonds is 1. The molecule has 1 unspecified atom stereocenters. The van der Waals surface area contributed by atoms with Crippen molar-refractivity contribution in [3.63, 3.8) is 0 Å². The molecular formula is C15H14S. The van der Waals surface area contributed by atoms with Crippen molar-refractivity contribution in [2.24, 2.45) is 5.92 Å². The number of allylic oxidation sites excluding steroid dienone is 3. The van der Waals surface area contributed by atoms with Crippen LogP contribution in [0, 0.1) is 5.92 Å². The summed E-state index contributed by atoms with van der Waals surface area (Å²) in [4.78, 5) is 1.48. The van der Waals surface area contributed by atoms with E-state index in [4.69, 9.17) is 0 Å². The molecule has 1 heterocycles. The molecule has 1 aliphatic heterocycles. The number of thioether (sulfide) groups is 1. The van der Waals surface area contributed by atoms with Crippen molar-refractivity contribution >= 4 is 17.3 Å². The summed E-state index contributed by atoms with van der Waals surface area (Å²) in [5.41, 5.74) is 4.69. The monoisotopic (exact) mass is 226 g/mol. The molecule has 0 N–H and O–H groups in total. The second kappa shape index (κ2) is 3.27. The Labute approximate surface area is 100 Å². The zero-order chi connectivity index (χ0) is 10.5. The van der Waals surface area contributed by atoms with Crippen molar-refractivity contribution < 1.29 is 0 Å². The maximum atomic E-state index is 2.48. The Kier molecular flexibility index (Phi) is 1.86. The average Bonchev–Trinajstić information content (AvgIpc) is 3.10. The fourth-order valence-electron chi connectivity index (χ4n) is 2.73. The first-order valence-corrected chi connectivity index (χ1v) is 6.97. The zero-order valence-electron chi connectivity index (χ0n) is 9.15. The summed E-state index contributed by atoms with van der Waals surface area (Å²) < 4.78 is 0. The van der Waals surface area contributed by atoms with Crippen LogP contribution in [0.15, 0.2) is 46.9 Å². The molecule has 0 nitrogen and oxygen atoms in total. The normalized spacial score (nSPS) is 26.9. The molecule has 0 bridgehead atoms. The van der Waals surface area contributed by atoms with Gasteiger partial charge in [-0.15, -0.1) is 11.8 Å². The Bertz CT molecular complexity index is 506. The third-order valence-electron chi connectivity index (χ3n) is 3.75. The lowest BCUT2D eigenvalue weighted by atomic mass is 9.92. The highest BCUT2D eigenvalue weighted by molar-refractivity contribution is 8.00. The summed E-state index contributed by atoms with van der Waals surface area (Å²) in [6, 6.07) is 8.86. The molecule has 0 spiro atoms. The van der Waals surface area contributed by atoms with E-state index in [2.05, 4.69) is 36.4 Å². The van der Waals surface area contributed by atoms with E-state index in [0.29, 0.717) is 5.25 Å². The summed E-state index contributed by atoms with van der Waals surface area (Å²) in [5, 5.41) is 0.694. The maximum Gasteiger partial charge on any atom is 0.0385 e. The van der Waals surface area contributed by atoms with Crippen LogP contribution >= 0.6 is 11.8 Å². The quantitative estimate of drug-likeness (QED) is 0.688. The Morgan fingerprint density at radius 1 is 1.12 bits per heavy atom. The van der Waals surface area contributed by atoms with E-state index in [1.807, 2.05) is 11.8 Å². The van der Waals surface area contributed by atoms with Gasteiger partial charge in [0.05, 0.1) is 0 Å². The van der Waals surface area contributed by atoms with Crippen molar-refractivity contribution in [1.29, 1.82) is 0 Å². The van der Waals surface area contributed by atoms with Gasteiger partial charge in [0.1, 0.15) is 0 Å². The molecule has 4 rings (SSSR count). The Hall–Kier alpha value is -0.950. The van der Waals surface area contributed by atoms with E-state index in [1.54, 1.807) is 11.1 Å². The van der Waals surface area contributed by atoms with Crippen molar-refractivity contribution in [1.82, 2.24) is 0 Å². The van der Waals surface area contributed by atoms with Crippen LogP contribution in [0.25, 0.3) is 5.57 Å². The molecule has 0 aromatic heterocycles. The minimum Gasteiger partial charge on any atom is -0.117 e. The van der Waals surface area contributed by atoms with Crippen LogP contribution in [0.2, 0.25) is 0 Å². The lowest BCUT2D eigenvalue weighted by Crippen LogP contribution is -2.04. The first-order valence-electron chi connectivity index (χ1n) is 6.09. The van der Waals surface area contributed by atoms with Gasteiger partial charge in [0.15, 0.2) is 0 Å². The summed E-state index contributed by atoms with van der Waals surface area (Å²) in [5.74, 6) is 0.895. The average molecular weight is 226 g/mol. The minimum absolute atomic E-state index is 0.694. The van der Waals surface area contributed by atoms with Gasteiger partial charge in [-0.1, -0.05) is 30.4 Å². The SMILES string of the molecule is C1=C(C2CC2)C=C2c3ccccc3SC2C1. The van der Waals surface area contributed by atoms with Crippen LogP contribution in [0.3, 0.4) is 0 Å². The molecule has 16 heavy (non-hydrogen) atoms. The third-order valence-corrected chi connectivity index (χ3v) is 5.09. The first-order chi connectivity index (χ1) is 7.92. The van der Waals surface area contributed by atoms with Crippen molar-refractivity contribution in [2.45, 2.75) is 29.4 Å². The predicted molar refractivity (Wildman–Crippen MR) is 69.5 cm³/mol. The van der Waals surface area contributed by atoms with E-state index >= 15 is 0 Å². The Balaban J connectivity index is 1.80. The smallest absolute Gasteiger partial charge is 0.0385 e. The topological polar surface area (TPSA) is 0 Å². The van der Waals surface area contributed by atoms with Gasteiger partial charge in [0, 0.05) is 10.1 Å². The number of fused-ring (bicyclic) bond motifs is 3. The molecule has 1 fully saturated rings. The first kappa shape index (κ1) is 9.12. The fourth-order valence-corrected chi connectivity index (χ4v) is 4.02. The van der Waals surface area contributed by atoms with E-state index in [9.17, 15) is 0 Å². The molecule has 2 aliphatic carbocycles. The van der Waals surface area contributed by atoms with Crippen LogP contribution in [0.5, 0.6) is 0 Å². The van der Waals surface area contributed by atoms with E-state index in [1.165, 1.54) is 29.7 Å². The highest BCUT2D eigenvalue weighted by Gasteiger charge is 2.32. The number of hydrogen-bond acceptors (Lipinski definition) is 1. The predicted octanol–water partition coefficient (Wildman–Crippen LogP) is 4.28. The molecule has 1 aromatic rings. The van der Waals surface area contributed by atoms with Crippen molar-refractivity contribution in [3.8, 4) is 0 Å². The van der Waals surface area contributed by atoms with Crippen LogP contribution in [-0.2, 0) is 0 Å². The fraction of sp³-hybridized carbons (Fsp3) is 0.333. The minimum atomic E-state index is 0.694. The maximum absolute atomic E-state index is 2.48. The number of hydrogen-bond donors (Lipinski definition) is 0. The standard InChI is InChI=1S/C15H14S/c1-2-4-14-12(3-1)13-9-11(10-5-6-10)7-8-15(13)16-14/h1-4,7,9-10,15H,5-6,8H2. The second-order valence-corrected chi connectivity index (χ2v) is 6.16. The summed E-state index contributed by atoms with van der Waals surface area (Å²) in [7, 11) is 0.